The summed E-state index contributed by atoms with van der Waals surface area (Å²) in [4.78, 5) is 10.7. The highest BCUT2D eigenvalue weighted by molar-refractivity contribution is 5.18. The van der Waals surface area contributed by atoms with E-state index in [-0.39, 0.29) is 4.92 Å². The molecule has 94 valence electrons. The van der Waals surface area contributed by atoms with E-state index in [1.54, 1.807) is 24.3 Å². The fraction of sp³-hybridized carbons (Fsp3) is 0.455. The highest BCUT2D eigenvalue weighted by atomic mass is 16.6. The van der Waals surface area contributed by atoms with Gasteiger partial charge in [0, 0.05) is 30.1 Å². The van der Waals surface area contributed by atoms with E-state index in [0.717, 1.165) is 0 Å². The molecule has 17 heavy (non-hydrogen) atoms. The van der Waals surface area contributed by atoms with Crippen molar-refractivity contribution >= 4 is 0 Å². The lowest BCUT2D eigenvalue weighted by atomic mass is 10.0. The average molecular weight is 238 g/mol. The molecule has 0 fully saturated rings. The van der Waals surface area contributed by atoms with Gasteiger partial charge in [0.2, 0.25) is 0 Å². The second kappa shape index (κ2) is 6.95. The van der Waals surface area contributed by atoms with Gasteiger partial charge in [0.1, 0.15) is 0 Å². The number of hydrogen-bond donors (Lipinski definition) is 3. The molecule has 2 unspecified atom stereocenters. The standard InChI is InChI=1S/C11H18N4O2/c12-6-7-14-8-10(13)11(15(16)17)9-4-2-1-3-5-9/h1-5,10-11,14H,6-8,12-13H2. The maximum absolute atomic E-state index is 11.0. The Kier molecular flexibility index (Phi) is 5.55. The summed E-state index contributed by atoms with van der Waals surface area (Å²) in [7, 11) is 0. The first-order valence-electron chi connectivity index (χ1n) is 5.51. The summed E-state index contributed by atoms with van der Waals surface area (Å²) in [5, 5.41) is 14.0. The van der Waals surface area contributed by atoms with Crippen LogP contribution in [0.4, 0.5) is 0 Å². The van der Waals surface area contributed by atoms with E-state index in [0.29, 0.717) is 25.2 Å². The van der Waals surface area contributed by atoms with E-state index in [1.807, 2.05) is 6.07 Å². The molecule has 6 nitrogen and oxygen atoms in total. The van der Waals surface area contributed by atoms with Crippen LogP contribution in [0.3, 0.4) is 0 Å². The van der Waals surface area contributed by atoms with Crippen LogP contribution in [0.1, 0.15) is 11.6 Å². The normalized spacial score (nSPS) is 14.2. The summed E-state index contributed by atoms with van der Waals surface area (Å²) in [6.07, 6.45) is 0. The number of nitrogens with two attached hydrogens (primary N) is 2. The molecule has 0 saturated carbocycles. The van der Waals surface area contributed by atoms with Gasteiger partial charge in [0.15, 0.2) is 0 Å². The summed E-state index contributed by atoms with van der Waals surface area (Å²) in [6, 6.07) is 7.34. The fourth-order valence-corrected chi connectivity index (χ4v) is 1.66. The van der Waals surface area contributed by atoms with Crippen LogP contribution in [-0.2, 0) is 0 Å². The lowest BCUT2D eigenvalue weighted by Crippen LogP contribution is -2.42. The summed E-state index contributed by atoms with van der Waals surface area (Å²) in [6.45, 7) is 1.46. The zero-order chi connectivity index (χ0) is 12.7. The summed E-state index contributed by atoms with van der Waals surface area (Å²) < 4.78 is 0. The molecule has 0 bridgehead atoms. The second-order valence-electron chi connectivity index (χ2n) is 3.80. The van der Waals surface area contributed by atoms with Gasteiger partial charge in [-0.2, -0.15) is 0 Å². The van der Waals surface area contributed by atoms with Crippen LogP contribution in [0.5, 0.6) is 0 Å². The van der Waals surface area contributed by atoms with Crippen LogP contribution in [0.2, 0.25) is 0 Å². The highest BCUT2D eigenvalue weighted by Gasteiger charge is 2.29. The molecule has 2 atom stereocenters. The first-order valence-corrected chi connectivity index (χ1v) is 5.51. The van der Waals surface area contributed by atoms with E-state index in [4.69, 9.17) is 11.5 Å². The maximum atomic E-state index is 11.0. The zero-order valence-corrected chi connectivity index (χ0v) is 9.58. The van der Waals surface area contributed by atoms with Crippen LogP contribution >= 0.6 is 0 Å². The van der Waals surface area contributed by atoms with E-state index in [1.165, 1.54) is 0 Å². The number of rotatable bonds is 7. The van der Waals surface area contributed by atoms with E-state index >= 15 is 0 Å². The molecule has 5 N–H and O–H groups in total. The van der Waals surface area contributed by atoms with Gasteiger partial charge in [-0.25, -0.2) is 0 Å². The van der Waals surface area contributed by atoms with E-state index < -0.39 is 12.1 Å². The van der Waals surface area contributed by atoms with Crippen LogP contribution in [-0.4, -0.2) is 30.6 Å². The Morgan fingerprint density at radius 2 is 2.00 bits per heavy atom. The average Bonchev–Trinajstić information content (AvgIpc) is 2.30. The number of hydrogen-bond acceptors (Lipinski definition) is 5. The number of nitro groups is 1. The summed E-state index contributed by atoms with van der Waals surface area (Å²) >= 11 is 0. The molecule has 0 heterocycles. The third-order valence-electron chi connectivity index (χ3n) is 2.47. The monoisotopic (exact) mass is 238 g/mol. The van der Waals surface area contributed by atoms with Gasteiger partial charge in [-0.15, -0.1) is 0 Å². The molecule has 0 saturated heterocycles. The lowest BCUT2D eigenvalue weighted by molar-refractivity contribution is -0.532. The van der Waals surface area contributed by atoms with Crippen LogP contribution < -0.4 is 16.8 Å². The van der Waals surface area contributed by atoms with Gasteiger partial charge in [-0.1, -0.05) is 30.3 Å². The Morgan fingerprint density at radius 1 is 1.35 bits per heavy atom. The Bertz CT molecular complexity index is 345. The third-order valence-corrected chi connectivity index (χ3v) is 2.47. The van der Waals surface area contributed by atoms with Crippen molar-refractivity contribution in [3.05, 3.63) is 46.0 Å². The van der Waals surface area contributed by atoms with Gasteiger partial charge in [-0.05, 0) is 0 Å². The van der Waals surface area contributed by atoms with Gasteiger partial charge >= 0.3 is 0 Å². The Balaban J connectivity index is 2.69. The SMILES string of the molecule is NCCNCC(N)C(c1ccccc1)[N+](=O)[O-]. The van der Waals surface area contributed by atoms with Crippen molar-refractivity contribution in [2.75, 3.05) is 19.6 Å². The smallest absolute Gasteiger partial charge is 0.254 e. The van der Waals surface area contributed by atoms with Gasteiger partial charge in [0.25, 0.3) is 6.04 Å². The number of benzene rings is 1. The maximum Gasteiger partial charge on any atom is 0.254 e. The minimum Gasteiger partial charge on any atom is -0.329 e. The summed E-state index contributed by atoms with van der Waals surface area (Å²) in [5.74, 6) is 0. The van der Waals surface area contributed by atoms with Crippen molar-refractivity contribution < 1.29 is 4.92 Å². The molecular weight excluding hydrogens is 220 g/mol. The van der Waals surface area contributed by atoms with Gasteiger partial charge in [0.05, 0.1) is 6.04 Å². The molecule has 0 spiro atoms. The van der Waals surface area contributed by atoms with Crippen molar-refractivity contribution in [2.24, 2.45) is 11.5 Å². The lowest BCUT2D eigenvalue weighted by Gasteiger charge is -2.17. The molecule has 0 aliphatic heterocycles. The van der Waals surface area contributed by atoms with Crippen LogP contribution in [0.15, 0.2) is 30.3 Å². The number of nitrogens with one attached hydrogen (secondary N) is 1. The quantitative estimate of drug-likeness (QED) is 0.349. The van der Waals surface area contributed by atoms with Crippen LogP contribution in [0, 0.1) is 10.1 Å². The molecule has 0 aliphatic carbocycles. The first kappa shape index (κ1) is 13.6. The largest absolute Gasteiger partial charge is 0.329 e. The molecule has 0 radical (unpaired) electrons. The molecule has 0 aliphatic rings. The first-order chi connectivity index (χ1) is 8.16. The molecule has 1 aromatic carbocycles. The van der Waals surface area contributed by atoms with Crippen molar-refractivity contribution in [2.45, 2.75) is 12.1 Å². The third kappa shape index (κ3) is 4.10. The minimum atomic E-state index is -0.888. The summed E-state index contributed by atoms with van der Waals surface area (Å²) in [5.41, 5.74) is 11.8. The molecule has 6 heteroatoms. The number of nitrogens with zero attached hydrogens (tertiary/aromatic N) is 1. The molecule has 1 rings (SSSR count). The predicted molar refractivity (Wildman–Crippen MR) is 66.1 cm³/mol. The van der Waals surface area contributed by atoms with Gasteiger partial charge < -0.3 is 16.8 Å². The van der Waals surface area contributed by atoms with Crippen molar-refractivity contribution in [3.63, 3.8) is 0 Å². The second-order valence-corrected chi connectivity index (χ2v) is 3.80. The van der Waals surface area contributed by atoms with E-state index in [2.05, 4.69) is 5.32 Å². The molecule has 0 amide bonds. The topological polar surface area (TPSA) is 107 Å². The predicted octanol–water partition coefficient (Wildman–Crippen LogP) is -0.120. The van der Waals surface area contributed by atoms with Crippen molar-refractivity contribution in [1.29, 1.82) is 0 Å². The Labute approximate surface area is 100 Å². The molecule has 0 aromatic heterocycles. The van der Waals surface area contributed by atoms with Crippen LogP contribution in [0.25, 0.3) is 0 Å². The Morgan fingerprint density at radius 3 is 2.53 bits per heavy atom. The minimum absolute atomic E-state index is 0.343. The van der Waals surface area contributed by atoms with Crippen molar-refractivity contribution in [3.8, 4) is 0 Å². The fourth-order valence-electron chi connectivity index (χ4n) is 1.66. The van der Waals surface area contributed by atoms with Crippen molar-refractivity contribution in [1.82, 2.24) is 5.32 Å². The highest BCUT2D eigenvalue weighted by Crippen LogP contribution is 2.18. The molecule has 1 aromatic rings. The van der Waals surface area contributed by atoms with Gasteiger partial charge in [-0.3, -0.25) is 10.1 Å². The zero-order valence-electron chi connectivity index (χ0n) is 9.58. The molecular formula is C11H18N4O2. The Hall–Kier alpha value is -1.50. The van der Waals surface area contributed by atoms with E-state index in [9.17, 15) is 10.1 Å².